The number of amidine groups is 1. The minimum absolute atomic E-state index is 0.151. The topological polar surface area (TPSA) is 51.1 Å². The fraction of sp³-hybridized carbons (Fsp3) is 0.484. The number of nitrogens with zero attached hydrogens (tertiary/aromatic N) is 2. The molecule has 2 aromatic carbocycles. The van der Waals surface area contributed by atoms with E-state index < -0.39 is 0 Å². The summed E-state index contributed by atoms with van der Waals surface area (Å²) >= 11 is 1.47. The zero-order valence-electron chi connectivity index (χ0n) is 21.4. The number of carbonyl (C=O) groups is 1. The summed E-state index contributed by atoms with van der Waals surface area (Å²) < 4.78 is 11.3. The van der Waals surface area contributed by atoms with Gasteiger partial charge in [0.05, 0.1) is 25.2 Å². The lowest BCUT2D eigenvalue weighted by Crippen LogP contribution is -2.48. The molecule has 1 saturated heterocycles. The lowest BCUT2D eigenvalue weighted by Gasteiger charge is -2.57. The Bertz CT molecular complexity index is 1260. The molecule has 0 N–H and O–H groups in total. The molecule has 192 valence electrons. The first kappa shape index (κ1) is 23.5. The fourth-order valence-electron chi connectivity index (χ4n) is 7.90. The number of amides is 1. The van der Waals surface area contributed by atoms with Crippen molar-refractivity contribution in [2.24, 2.45) is 22.7 Å². The van der Waals surface area contributed by atoms with Crippen LogP contribution in [-0.4, -0.2) is 49.4 Å². The average Bonchev–Trinajstić information content (AvgIpc) is 3.28. The molecule has 2 aromatic rings. The molecule has 1 amide bonds. The number of benzene rings is 2. The second-order valence-corrected chi connectivity index (χ2v) is 12.7. The van der Waals surface area contributed by atoms with Gasteiger partial charge >= 0.3 is 0 Å². The number of aliphatic imine (C=N–C) groups is 1. The number of rotatable bonds is 4. The van der Waals surface area contributed by atoms with Crippen molar-refractivity contribution in [3.05, 3.63) is 58.5 Å². The Hall–Kier alpha value is -2.57. The molecule has 0 atom stereocenters. The summed E-state index contributed by atoms with van der Waals surface area (Å²) in [5.41, 5.74) is 5.16. The monoisotopic (exact) mass is 514 g/mol. The van der Waals surface area contributed by atoms with Crippen molar-refractivity contribution < 1.29 is 14.3 Å². The van der Waals surface area contributed by atoms with Gasteiger partial charge in [0.25, 0.3) is 5.91 Å². The van der Waals surface area contributed by atoms with Gasteiger partial charge in [0.1, 0.15) is 5.75 Å². The van der Waals surface area contributed by atoms with Crippen LogP contribution in [0.2, 0.25) is 0 Å². The van der Waals surface area contributed by atoms with Gasteiger partial charge < -0.3 is 14.4 Å². The Kier molecular flexibility index (Phi) is 5.93. The zero-order chi connectivity index (χ0) is 25.0. The van der Waals surface area contributed by atoms with Crippen LogP contribution in [0.4, 0.5) is 0 Å². The minimum Gasteiger partial charge on any atom is -0.497 e. The highest BCUT2D eigenvalue weighted by molar-refractivity contribution is 8.18. The maximum absolute atomic E-state index is 12.7. The molecular weight excluding hydrogens is 480 g/mol. The maximum atomic E-state index is 12.7. The highest BCUT2D eigenvalue weighted by atomic mass is 32.2. The van der Waals surface area contributed by atoms with Gasteiger partial charge in [-0.1, -0.05) is 24.3 Å². The second-order valence-electron chi connectivity index (χ2n) is 11.7. The Labute approximate surface area is 223 Å². The van der Waals surface area contributed by atoms with Gasteiger partial charge in [-0.3, -0.25) is 4.79 Å². The van der Waals surface area contributed by atoms with E-state index in [1.165, 1.54) is 61.4 Å². The van der Waals surface area contributed by atoms with E-state index >= 15 is 0 Å². The van der Waals surface area contributed by atoms with Crippen LogP contribution in [0.5, 0.6) is 5.75 Å². The number of morpholine rings is 1. The zero-order valence-corrected chi connectivity index (χ0v) is 22.3. The number of hydrogen-bond donors (Lipinski definition) is 0. The first-order chi connectivity index (χ1) is 18.1. The van der Waals surface area contributed by atoms with Crippen molar-refractivity contribution >= 4 is 28.9 Å². The lowest BCUT2D eigenvalue weighted by molar-refractivity contribution is -0.113. The fourth-order valence-corrected chi connectivity index (χ4v) is 8.87. The summed E-state index contributed by atoms with van der Waals surface area (Å²) in [7, 11) is 1.78. The molecule has 0 aromatic heterocycles. The van der Waals surface area contributed by atoms with Gasteiger partial charge in [-0.25, -0.2) is 0 Å². The molecule has 2 aliphatic heterocycles. The van der Waals surface area contributed by atoms with Gasteiger partial charge in [-0.2, -0.15) is 4.99 Å². The van der Waals surface area contributed by atoms with Crippen molar-refractivity contribution in [2.75, 3.05) is 33.4 Å². The van der Waals surface area contributed by atoms with Crippen LogP contribution in [0.25, 0.3) is 17.2 Å². The molecule has 5 nitrogen and oxygen atoms in total. The summed E-state index contributed by atoms with van der Waals surface area (Å²) in [6.07, 6.45) is 10.3. The maximum Gasteiger partial charge on any atom is 0.286 e. The van der Waals surface area contributed by atoms with Crippen molar-refractivity contribution in [3.8, 4) is 16.9 Å². The molecular formula is C31H34N2O3S. The van der Waals surface area contributed by atoms with Gasteiger partial charge in [-0.05, 0) is 120 Å². The van der Waals surface area contributed by atoms with Gasteiger partial charge in [0.2, 0.25) is 0 Å². The number of methoxy groups -OCH3 is 1. The van der Waals surface area contributed by atoms with Crippen molar-refractivity contribution in [2.45, 2.75) is 43.9 Å². The molecule has 4 aliphatic carbocycles. The van der Waals surface area contributed by atoms with E-state index in [-0.39, 0.29) is 5.91 Å². The van der Waals surface area contributed by atoms with Crippen LogP contribution in [0.15, 0.2) is 52.4 Å². The van der Waals surface area contributed by atoms with Gasteiger partial charge in [0, 0.05) is 13.1 Å². The Morgan fingerprint density at radius 1 is 1.00 bits per heavy atom. The first-order valence-electron chi connectivity index (χ1n) is 13.7. The van der Waals surface area contributed by atoms with E-state index in [4.69, 9.17) is 9.47 Å². The molecule has 5 fully saturated rings. The molecule has 0 radical (unpaired) electrons. The number of hydrogen-bond acceptors (Lipinski definition) is 5. The second kappa shape index (κ2) is 9.32. The van der Waals surface area contributed by atoms with Gasteiger partial charge in [0.15, 0.2) is 5.17 Å². The molecule has 4 saturated carbocycles. The third kappa shape index (κ3) is 4.42. The molecule has 6 aliphatic rings. The van der Waals surface area contributed by atoms with Gasteiger partial charge in [-0.15, -0.1) is 0 Å². The summed E-state index contributed by atoms with van der Waals surface area (Å²) in [5.74, 6) is 3.50. The molecule has 0 spiro atoms. The Balaban J connectivity index is 1.18. The van der Waals surface area contributed by atoms with Crippen molar-refractivity contribution in [1.82, 2.24) is 4.90 Å². The van der Waals surface area contributed by atoms with Crippen LogP contribution in [0, 0.1) is 17.8 Å². The average molecular weight is 515 g/mol. The van der Waals surface area contributed by atoms with E-state index in [1.54, 1.807) is 7.11 Å². The largest absolute Gasteiger partial charge is 0.497 e. The summed E-state index contributed by atoms with van der Waals surface area (Å²) in [6.45, 7) is 2.93. The summed E-state index contributed by atoms with van der Waals surface area (Å²) in [4.78, 5) is 19.8. The molecule has 2 heterocycles. The number of thioether (sulfide) groups is 1. The normalized spacial score (nSPS) is 31.8. The highest BCUT2D eigenvalue weighted by Crippen LogP contribution is 2.61. The van der Waals surface area contributed by atoms with Crippen LogP contribution < -0.4 is 4.74 Å². The highest BCUT2D eigenvalue weighted by Gasteiger charge is 2.51. The first-order valence-corrected chi connectivity index (χ1v) is 14.5. The SMILES string of the molecule is COc1cc(-c2cccc(/C=C3/SC(N4CCOCC4)=NC3=O)c2)cc(C23CC4CC(CC(C4)C2)C3)c1. The predicted octanol–water partition coefficient (Wildman–Crippen LogP) is 6.13. The Morgan fingerprint density at radius 2 is 1.73 bits per heavy atom. The van der Waals surface area contributed by atoms with Crippen LogP contribution >= 0.6 is 11.8 Å². The smallest absolute Gasteiger partial charge is 0.286 e. The van der Waals surface area contributed by atoms with E-state index in [0.29, 0.717) is 23.5 Å². The van der Waals surface area contributed by atoms with Crippen molar-refractivity contribution in [3.63, 3.8) is 0 Å². The molecule has 4 bridgehead atoms. The quantitative estimate of drug-likeness (QED) is 0.459. The van der Waals surface area contributed by atoms with E-state index in [1.807, 2.05) is 6.08 Å². The third-order valence-electron chi connectivity index (χ3n) is 9.20. The molecule has 6 heteroatoms. The Morgan fingerprint density at radius 3 is 2.43 bits per heavy atom. The van der Waals surface area contributed by atoms with E-state index in [9.17, 15) is 4.79 Å². The third-order valence-corrected chi connectivity index (χ3v) is 10.2. The lowest BCUT2D eigenvalue weighted by atomic mass is 9.48. The van der Waals surface area contributed by atoms with E-state index in [2.05, 4.69) is 52.4 Å². The predicted molar refractivity (Wildman–Crippen MR) is 149 cm³/mol. The number of carbonyl (C=O) groups excluding carboxylic acids is 1. The van der Waals surface area contributed by atoms with Crippen LogP contribution in [0.3, 0.4) is 0 Å². The molecule has 8 rings (SSSR count). The number of ether oxygens (including phenoxy) is 2. The van der Waals surface area contributed by atoms with Crippen molar-refractivity contribution in [1.29, 1.82) is 0 Å². The molecule has 0 unspecified atom stereocenters. The van der Waals surface area contributed by atoms with Crippen LogP contribution in [0.1, 0.15) is 49.7 Å². The molecule has 37 heavy (non-hydrogen) atoms. The van der Waals surface area contributed by atoms with Crippen LogP contribution in [-0.2, 0) is 14.9 Å². The summed E-state index contributed by atoms with van der Waals surface area (Å²) in [6, 6.07) is 15.4. The summed E-state index contributed by atoms with van der Waals surface area (Å²) in [5, 5.41) is 0.795. The minimum atomic E-state index is -0.151. The van der Waals surface area contributed by atoms with E-state index in [0.717, 1.165) is 52.9 Å². The standard InChI is InChI=1S/C31H34N2O3S/c1-35-27-15-25(14-26(16-27)31-17-21-9-22(18-31)11-23(10-21)19-31)24-4-2-3-20(12-24)13-28-29(34)32-30(37-28)33-5-7-36-8-6-33/h2-4,12-16,21-23H,5-11,17-19H2,1H3/b28-13+.